The van der Waals surface area contributed by atoms with Crippen LogP contribution in [0.4, 0.5) is 0 Å². The summed E-state index contributed by atoms with van der Waals surface area (Å²) in [4.78, 5) is 15.3. The first-order valence-corrected chi connectivity index (χ1v) is 15.1. The molecule has 0 aromatic heterocycles. The largest absolute Gasteiger partial charge is 0.407 e. The monoisotopic (exact) mass is 473 g/mol. The van der Waals surface area contributed by atoms with E-state index < -0.39 is 8.32 Å². The maximum atomic E-state index is 12.6. The van der Waals surface area contributed by atoms with E-state index in [0.717, 1.165) is 50.7 Å². The molecule has 2 aromatic rings. The SMILES string of the molecule is CC(C)(C)[Si](OCC[C@@H]1CC[C@@H]2CCC3=C(CCCC3=O)N12)(c1ccccc1)c1ccccc1. The summed E-state index contributed by atoms with van der Waals surface area (Å²) < 4.78 is 7.19. The zero-order valence-electron chi connectivity index (χ0n) is 21.1. The first-order valence-electron chi connectivity index (χ1n) is 13.2. The van der Waals surface area contributed by atoms with Crippen LogP contribution in [0.5, 0.6) is 0 Å². The van der Waals surface area contributed by atoms with Crippen LogP contribution in [-0.2, 0) is 9.22 Å². The van der Waals surface area contributed by atoms with Gasteiger partial charge in [0, 0.05) is 36.4 Å². The van der Waals surface area contributed by atoms with Gasteiger partial charge in [0.1, 0.15) is 0 Å². The number of hydrogen-bond donors (Lipinski definition) is 0. The molecule has 34 heavy (non-hydrogen) atoms. The van der Waals surface area contributed by atoms with Crippen molar-refractivity contribution in [3.05, 3.63) is 71.9 Å². The number of hydrogen-bond acceptors (Lipinski definition) is 3. The van der Waals surface area contributed by atoms with Gasteiger partial charge in [0.2, 0.25) is 0 Å². The molecule has 0 radical (unpaired) electrons. The summed E-state index contributed by atoms with van der Waals surface area (Å²) in [6.45, 7) is 7.80. The predicted molar refractivity (Wildman–Crippen MR) is 142 cm³/mol. The quantitative estimate of drug-likeness (QED) is 0.513. The summed E-state index contributed by atoms with van der Waals surface area (Å²) in [5.41, 5.74) is 2.54. The third kappa shape index (κ3) is 4.09. The van der Waals surface area contributed by atoms with E-state index in [4.69, 9.17) is 4.43 Å². The van der Waals surface area contributed by atoms with Crippen LogP contribution in [0, 0.1) is 0 Å². The van der Waals surface area contributed by atoms with E-state index in [2.05, 4.69) is 86.3 Å². The van der Waals surface area contributed by atoms with Crippen LogP contribution >= 0.6 is 0 Å². The molecule has 0 bridgehead atoms. The molecule has 180 valence electrons. The molecule has 0 unspecified atom stereocenters. The molecule has 1 fully saturated rings. The van der Waals surface area contributed by atoms with Gasteiger partial charge in [0.15, 0.2) is 5.78 Å². The Hall–Kier alpha value is -2.17. The molecule has 0 amide bonds. The Morgan fingerprint density at radius 3 is 2.15 bits per heavy atom. The number of allylic oxidation sites excluding steroid dienone is 2. The first-order chi connectivity index (χ1) is 16.4. The third-order valence-corrected chi connectivity index (χ3v) is 13.4. The fourth-order valence-electron chi connectivity index (χ4n) is 6.84. The smallest absolute Gasteiger partial charge is 0.261 e. The number of benzene rings is 2. The minimum absolute atomic E-state index is 0.00449. The number of Topliss-reactive ketones (excluding diaryl/α,β-unsaturated/α-hetero) is 1. The maximum absolute atomic E-state index is 12.6. The summed E-state index contributed by atoms with van der Waals surface area (Å²) in [7, 11) is -2.49. The molecule has 0 saturated carbocycles. The van der Waals surface area contributed by atoms with E-state index in [-0.39, 0.29) is 5.04 Å². The van der Waals surface area contributed by atoms with E-state index in [1.165, 1.54) is 28.9 Å². The van der Waals surface area contributed by atoms with Crippen LogP contribution in [0.2, 0.25) is 5.04 Å². The lowest BCUT2D eigenvalue weighted by Crippen LogP contribution is -2.66. The molecule has 2 heterocycles. The van der Waals surface area contributed by atoms with Crippen molar-refractivity contribution in [1.82, 2.24) is 4.90 Å². The molecule has 0 spiro atoms. The van der Waals surface area contributed by atoms with Crippen LogP contribution < -0.4 is 10.4 Å². The summed E-state index contributed by atoms with van der Waals surface area (Å²) in [6.07, 6.45) is 8.52. The van der Waals surface area contributed by atoms with E-state index in [1.807, 2.05) is 0 Å². The second-order valence-electron chi connectivity index (χ2n) is 11.3. The van der Waals surface area contributed by atoms with Crippen molar-refractivity contribution in [2.75, 3.05) is 6.61 Å². The molecule has 3 nitrogen and oxygen atoms in total. The van der Waals surface area contributed by atoms with E-state index in [1.54, 1.807) is 0 Å². The van der Waals surface area contributed by atoms with Gasteiger partial charge >= 0.3 is 0 Å². The summed E-state index contributed by atoms with van der Waals surface area (Å²) in [5, 5.41) is 2.70. The number of ketones is 1. The van der Waals surface area contributed by atoms with Gasteiger partial charge in [-0.05, 0) is 60.4 Å². The van der Waals surface area contributed by atoms with Gasteiger partial charge in [-0.1, -0.05) is 81.4 Å². The van der Waals surface area contributed by atoms with Crippen molar-refractivity contribution in [1.29, 1.82) is 0 Å². The predicted octanol–water partition coefficient (Wildman–Crippen LogP) is 5.59. The summed E-state index contributed by atoms with van der Waals surface area (Å²) in [6, 6.07) is 23.0. The highest BCUT2D eigenvalue weighted by molar-refractivity contribution is 6.99. The molecule has 1 saturated heterocycles. The van der Waals surface area contributed by atoms with Crippen molar-refractivity contribution >= 4 is 24.5 Å². The van der Waals surface area contributed by atoms with Crippen molar-refractivity contribution in [2.24, 2.45) is 0 Å². The van der Waals surface area contributed by atoms with E-state index >= 15 is 0 Å². The number of fused-ring (bicyclic) bond motifs is 2. The highest BCUT2D eigenvalue weighted by atomic mass is 28.4. The van der Waals surface area contributed by atoms with Gasteiger partial charge in [0.05, 0.1) is 0 Å². The van der Waals surface area contributed by atoms with Gasteiger partial charge in [-0.15, -0.1) is 0 Å². The number of nitrogens with zero attached hydrogens (tertiary/aromatic N) is 1. The summed E-state index contributed by atoms with van der Waals surface area (Å²) >= 11 is 0. The van der Waals surface area contributed by atoms with Gasteiger partial charge in [-0.3, -0.25) is 4.79 Å². The topological polar surface area (TPSA) is 29.5 Å². The first kappa shape index (κ1) is 23.6. The molecule has 1 aliphatic carbocycles. The lowest BCUT2D eigenvalue weighted by atomic mass is 9.86. The highest BCUT2D eigenvalue weighted by Crippen LogP contribution is 2.43. The maximum Gasteiger partial charge on any atom is 0.261 e. The zero-order valence-corrected chi connectivity index (χ0v) is 22.1. The van der Waals surface area contributed by atoms with Gasteiger partial charge in [-0.25, -0.2) is 0 Å². The van der Waals surface area contributed by atoms with Gasteiger partial charge in [-0.2, -0.15) is 0 Å². The summed E-state index contributed by atoms with van der Waals surface area (Å²) in [5.74, 6) is 0.411. The Morgan fingerprint density at radius 1 is 0.882 bits per heavy atom. The fourth-order valence-corrected chi connectivity index (χ4v) is 11.4. The Bertz CT molecular complexity index is 1000. The zero-order chi connectivity index (χ0) is 23.8. The standard InChI is InChI=1S/C30H39NO2Si/c1-30(2,3)34(25-11-6-4-7-12-25,26-13-8-5-9-14-26)33-22-21-24-18-17-23-19-20-27-28(31(23)24)15-10-16-29(27)32/h4-9,11-14,23-24H,10,15-22H2,1-3H3/t23-,24+/m1/s1. The lowest BCUT2D eigenvalue weighted by molar-refractivity contribution is -0.116. The van der Waals surface area contributed by atoms with Crippen molar-refractivity contribution in [3.8, 4) is 0 Å². The number of rotatable bonds is 6. The molecular weight excluding hydrogens is 434 g/mol. The molecule has 2 aromatic carbocycles. The molecule has 3 aliphatic rings. The average Bonchev–Trinajstić information content (AvgIpc) is 3.26. The van der Waals surface area contributed by atoms with E-state index in [9.17, 15) is 4.79 Å². The Morgan fingerprint density at radius 2 is 1.53 bits per heavy atom. The second kappa shape index (κ2) is 9.47. The van der Waals surface area contributed by atoms with Crippen molar-refractivity contribution in [2.45, 2.75) is 89.3 Å². The van der Waals surface area contributed by atoms with Crippen LogP contribution in [0.1, 0.15) is 72.1 Å². The van der Waals surface area contributed by atoms with Crippen LogP contribution in [0.3, 0.4) is 0 Å². The second-order valence-corrected chi connectivity index (χ2v) is 15.6. The third-order valence-electron chi connectivity index (χ3n) is 8.35. The molecule has 0 N–H and O–H groups in total. The van der Waals surface area contributed by atoms with E-state index in [0.29, 0.717) is 17.9 Å². The van der Waals surface area contributed by atoms with Crippen LogP contribution in [0.15, 0.2) is 71.9 Å². The highest BCUT2D eigenvalue weighted by Gasteiger charge is 2.50. The Balaban J connectivity index is 1.42. The molecule has 4 heteroatoms. The molecule has 5 rings (SSSR count). The average molecular weight is 474 g/mol. The van der Waals surface area contributed by atoms with Crippen LogP contribution in [-0.4, -0.2) is 37.7 Å². The van der Waals surface area contributed by atoms with Gasteiger partial charge < -0.3 is 9.33 Å². The minimum Gasteiger partial charge on any atom is -0.407 e. The molecule has 2 aliphatic heterocycles. The number of carbonyl (C=O) groups excluding carboxylic acids is 1. The molecular formula is C30H39NO2Si. The minimum atomic E-state index is -2.49. The Kier molecular flexibility index (Phi) is 6.56. The normalized spacial score (nSPS) is 23.1. The van der Waals surface area contributed by atoms with Crippen LogP contribution in [0.25, 0.3) is 0 Å². The lowest BCUT2D eigenvalue weighted by Gasteiger charge is -2.44. The van der Waals surface area contributed by atoms with Crippen molar-refractivity contribution < 1.29 is 9.22 Å². The fraction of sp³-hybridized carbons (Fsp3) is 0.500. The van der Waals surface area contributed by atoms with Crippen molar-refractivity contribution in [3.63, 3.8) is 0 Å². The Labute approximate surface area is 206 Å². The van der Waals surface area contributed by atoms with Gasteiger partial charge in [0.25, 0.3) is 8.32 Å². The number of carbonyl (C=O) groups is 1. The molecule has 2 atom stereocenters.